The number of amides is 1. The van der Waals surface area contributed by atoms with E-state index in [1.807, 2.05) is 60.0 Å². The molecular formula is C19H15N3O2S. The molecule has 2 N–H and O–H groups in total. The fraction of sp³-hybridized carbons (Fsp3) is 0.0526. The van der Waals surface area contributed by atoms with E-state index >= 15 is 0 Å². The van der Waals surface area contributed by atoms with Crippen molar-refractivity contribution in [2.45, 2.75) is 6.92 Å². The fourth-order valence-corrected chi connectivity index (χ4v) is 3.24. The number of carbonyl (C=O) groups is 1. The second kappa shape index (κ2) is 6.41. The molecule has 2 aromatic carbocycles. The molecule has 2 aromatic heterocycles. The number of para-hydroxylation sites is 1. The van der Waals surface area contributed by atoms with Crippen molar-refractivity contribution in [3.63, 3.8) is 0 Å². The first-order chi connectivity index (χ1) is 12.2. The van der Waals surface area contributed by atoms with Crippen molar-refractivity contribution in [2.75, 3.05) is 10.6 Å². The Morgan fingerprint density at radius 1 is 1.08 bits per heavy atom. The summed E-state index contributed by atoms with van der Waals surface area (Å²) < 4.78 is 5.85. The Bertz CT molecular complexity index is 1000. The number of thiazole rings is 1. The van der Waals surface area contributed by atoms with E-state index in [1.165, 1.54) is 18.3 Å². The normalized spacial score (nSPS) is 10.8. The maximum atomic E-state index is 11.0. The van der Waals surface area contributed by atoms with Gasteiger partial charge in [0.15, 0.2) is 10.9 Å². The highest BCUT2D eigenvalue weighted by molar-refractivity contribution is 7.14. The number of nitrogens with one attached hydrogen (secondary N) is 2. The maximum absolute atomic E-state index is 11.0. The maximum Gasteiger partial charge on any atom is 0.221 e. The van der Waals surface area contributed by atoms with E-state index in [0.717, 1.165) is 38.9 Å². The molecule has 0 aliphatic heterocycles. The monoisotopic (exact) mass is 349 g/mol. The van der Waals surface area contributed by atoms with Gasteiger partial charge in [-0.3, -0.25) is 4.79 Å². The van der Waals surface area contributed by atoms with Gasteiger partial charge >= 0.3 is 0 Å². The minimum atomic E-state index is -0.0869. The summed E-state index contributed by atoms with van der Waals surface area (Å²) in [5.41, 5.74) is 3.33. The summed E-state index contributed by atoms with van der Waals surface area (Å²) in [4.78, 5) is 15.6. The van der Waals surface area contributed by atoms with Gasteiger partial charge in [-0.15, -0.1) is 11.3 Å². The molecule has 0 aliphatic carbocycles. The van der Waals surface area contributed by atoms with Crippen LogP contribution < -0.4 is 10.6 Å². The van der Waals surface area contributed by atoms with Crippen molar-refractivity contribution in [3.05, 3.63) is 60.0 Å². The molecule has 0 saturated carbocycles. The van der Waals surface area contributed by atoms with Crippen LogP contribution in [0.15, 0.2) is 64.4 Å². The number of nitrogens with zero attached hydrogens (tertiary/aromatic N) is 1. The van der Waals surface area contributed by atoms with Gasteiger partial charge in [0, 0.05) is 29.1 Å². The smallest absolute Gasteiger partial charge is 0.221 e. The highest BCUT2D eigenvalue weighted by atomic mass is 32.1. The minimum Gasteiger partial charge on any atom is -0.454 e. The minimum absolute atomic E-state index is 0.0869. The Morgan fingerprint density at radius 2 is 1.84 bits per heavy atom. The summed E-state index contributed by atoms with van der Waals surface area (Å²) in [6.07, 6.45) is 0. The summed E-state index contributed by atoms with van der Waals surface area (Å²) in [7, 11) is 0. The van der Waals surface area contributed by atoms with Gasteiger partial charge in [0.05, 0.1) is 0 Å². The Balaban J connectivity index is 1.52. The summed E-state index contributed by atoms with van der Waals surface area (Å²) in [5, 5.41) is 9.81. The Morgan fingerprint density at radius 3 is 2.60 bits per heavy atom. The van der Waals surface area contributed by atoms with Crippen LogP contribution in [-0.4, -0.2) is 10.9 Å². The lowest BCUT2D eigenvalue weighted by molar-refractivity contribution is -0.114. The van der Waals surface area contributed by atoms with Crippen molar-refractivity contribution >= 4 is 44.7 Å². The molecule has 4 rings (SSSR count). The van der Waals surface area contributed by atoms with Crippen LogP contribution >= 0.6 is 11.3 Å². The fourth-order valence-electron chi connectivity index (χ4n) is 2.52. The number of carbonyl (C=O) groups excluding carboxylic acids is 1. The predicted molar refractivity (Wildman–Crippen MR) is 101 cm³/mol. The van der Waals surface area contributed by atoms with Crippen molar-refractivity contribution in [3.8, 4) is 11.5 Å². The number of hydrogen-bond acceptors (Lipinski definition) is 5. The number of fused-ring (bicyclic) bond motifs is 1. The van der Waals surface area contributed by atoms with Crippen LogP contribution in [0.5, 0.6) is 0 Å². The van der Waals surface area contributed by atoms with Gasteiger partial charge in [-0.1, -0.05) is 18.2 Å². The third-order valence-electron chi connectivity index (χ3n) is 3.64. The standard InChI is InChI=1S/C19H15N3O2S/c1-12(23)20-14-6-8-15(9-7-14)21-19-22-16(11-25-19)18-10-13-4-2-3-5-17(13)24-18/h2-11H,1H3,(H,20,23)(H,21,22). The van der Waals surface area contributed by atoms with E-state index in [0.29, 0.717) is 0 Å². The first-order valence-corrected chi connectivity index (χ1v) is 8.64. The molecule has 124 valence electrons. The van der Waals surface area contributed by atoms with Gasteiger partial charge in [-0.05, 0) is 36.4 Å². The van der Waals surface area contributed by atoms with Crippen molar-refractivity contribution in [1.29, 1.82) is 0 Å². The number of benzene rings is 2. The van der Waals surface area contributed by atoms with E-state index in [9.17, 15) is 4.79 Å². The molecule has 6 heteroatoms. The largest absolute Gasteiger partial charge is 0.454 e. The number of rotatable bonds is 4. The molecule has 0 bridgehead atoms. The predicted octanol–water partition coefficient (Wildman–Crippen LogP) is 5.26. The Hall–Kier alpha value is -3.12. The molecule has 5 nitrogen and oxygen atoms in total. The summed E-state index contributed by atoms with van der Waals surface area (Å²) in [6, 6.07) is 17.4. The molecule has 2 heterocycles. The molecule has 0 atom stereocenters. The zero-order chi connectivity index (χ0) is 17.2. The van der Waals surface area contributed by atoms with E-state index in [-0.39, 0.29) is 5.91 Å². The average molecular weight is 349 g/mol. The lowest BCUT2D eigenvalue weighted by Gasteiger charge is -2.05. The van der Waals surface area contributed by atoms with Crippen LogP contribution in [0.2, 0.25) is 0 Å². The van der Waals surface area contributed by atoms with Crippen molar-refractivity contribution in [2.24, 2.45) is 0 Å². The van der Waals surface area contributed by atoms with Crippen LogP contribution in [0.4, 0.5) is 16.5 Å². The molecule has 0 fully saturated rings. The van der Waals surface area contributed by atoms with E-state index in [4.69, 9.17) is 4.42 Å². The molecule has 0 spiro atoms. The molecule has 1 amide bonds. The highest BCUT2D eigenvalue weighted by Gasteiger charge is 2.10. The van der Waals surface area contributed by atoms with Crippen LogP contribution in [0.25, 0.3) is 22.4 Å². The average Bonchev–Trinajstić information content (AvgIpc) is 3.22. The summed E-state index contributed by atoms with van der Waals surface area (Å²) in [5.74, 6) is 0.669. The van der Waals surface area contributed by atoms with Crippen LogP contribution in [0.3, 0.4) is 0 Å². The summed E-state index contributed by atoms with van der Waals surface area (Å²) in [6.45, 7) is 1.49. The molecular weight excluding hydrogens is 334 g/mol. The number of anilines is 3. The van der Waals surface area contributed by atoms with Crippen molar-refractivity contribution in [1.82, 2.24) is 4.98 Å². The van der Waals surface area contributed by atoms with Crippen LogP contribution in [-0.2, 0) is 4.79 Å². The third kappa shape index (κ3) is 3.39. The zero-order valence-electron chi connectivity index (χ0n) is 13.4. The van der Waals surface area contributed by atoms with Gasteiger partial charge in [0.2, 0.25) is 5.91 Å². The first-order valence-electron chi connectivity index (χ1n) is 7.76. The third-order valence-corrected chi connectivity index (χ3v) is 4.40. The van der Waals surface area contributed by atoms with Gasteiger partial charge in [0.25, 0.3) is 0 Å². The van der Waals surface area contributed by atoms with Crippen molar-refractivity contribution < 1.29 is 9.21 Å². The molecule has 0 saturated heterocycles. The second-order valence-electron chi connectivity index (χ2n) is 5.57. The topological polar surface area (TPSA) is 67.2 Å². The lowest BCUT2D eigenvalue weighted by atomic mass is 10.2. The summed E-state index contributed by atoms with van der Waals surface area (Å²) >= 11 is 1.51. The van der Waals surface area contributed by atoms with Gasteiger partial charge in [0.1, 0.15) is 11.3 Å². The first kappa shape index (κ1) is 15.4. The van der Waals surface area contributed by atoms with Gasteiger partial charge < -0.3 is 15.1 Å². The number of hydrogen-bond donors (Lipinski definition) is 2. The van der Waals surface area contributed by atoms with E-state index in [1.54, 1.807) is 0 Å². The Kier molecular flexibility index (Phi) is 3.95. The molecule has 0 unspecified atom stereocenters. The quantitative estimate of drug-likeness (QED) is 0.527. The molecule has 0 aliphatic rings. The lowest BCUT2D eigenvalue weighted by Crippen LogP contribution is -2.05. The Labute approximate surface area is 148 Å². The molecule has 4 aromatic rings. The highest BCUT2D eigenvalue weighted by Crippen LogP contribution is 2.31. The molecule has 0 radical (unpaired) electrons. The second-order valence-corrected chi connectivity index (χ2v) is 6.43. The number of aromatic nitrogens is 1. The SMILES string of the molecule is CC(=O)Nc1ccc(Nc2nc(-c3cc4ccccc4o3)cs2)cc1. The van der Waals surface area contributed by atoms with Gasteiger partial charge in [-0.2, -0.15) is 0 Å². The van der Waals surface area contributed by atoms with Gasteiger partial charge in [-0.25, -0.2) is 4.98 Å². The number of furan rings is 1. The zero-order valence-corrected chi connectivity index (χ0v) is 14.3. The van der Waals surface area contributed by atoms with Crippen LogP contribution in [0, 0.1) is 0 Å². The molecule has 25 heavy (non-hydrogen) atoms. The van der Waals surface area contributed by atoms with E-state index < -0.39 is 0 Å². The van der Waals surface area contributed by atoms with E-state index in [2.05, 4.69) is 15.6 Å². The van der Waals surface area contributed by atoms with Crippen LogP contribution in [0.1, 0.15) is 6.92 Å².